The second-order valence-corrected chi connectivity index (χ2v) is 17.3. The molecule has 9 aromatic rings. The van der Waals surface area contributed by atoms with Gasteiger partial charge in [-0.3, -0.25) is 20.3 Å². The molecule has 3 heterocycles. The lowest BCUT2D eigenvalue weighted by atomic mass is 10.0. The molecule has 6 aromatic carbocycles. The zero-order valence-electron chi connectivity index (χ0n) is 41.8. The lowest BCUT2D eigenvalue weighted by Gasteiger charge is -2.15. The van der Waals surface area contributed by atoms with Crippen LogP contribution in [0.25, 0.3) is 33.7 Å². The smallest absolute Gasteiger partial charge is 0.413 e. The number of aromatic nitrogens is 4. The van der Waals surface area contributed by atoms with Crippen LogP contribution in [0.3, 0.4) is 0 Å². The largest absolute Gasteiger partial charge is 0.478 e. The Morgan fingerprint density at radius 3 is 1.91 bits per heavy atom. The highest BCUT2D eigenvalue weighted by Gasteiger charge is 2.24. The number of para-hydroxylation sites is 1. The third kappa shape index (κ3) is 11.8. The summed E-state index contributed by atoms with van der Waals surface area (Å²) in [5.74, 6) is 1.61. The molecule has 0 fully saturated rings. The minimum atomic E-state index is -1.38. The molecule has 0 aliphatic heterocycles. The SMILES string of the molecule is Cc1noc(-c2ccc(-c3cc(F)c(Oc4ccncc4C(=O)O)c(F)c3)cc2)c1NC(=O)OC(C)c1ccc(-c2nn(C)c(NC(=O)OC(C)c3ccccc3)c2C#Cc2ccc(Oc3ccccc3C(=O)O)cc2)cc1. The van der Waals surface area contributed by atoms with Crippen LogP contribution in [0.1, 0.15) is 74.7 Å². The Morgan fingerprint density at radius 1 is 0.654 bits per heavy atom. The first-order valence-electron chi connectivity index (χ1n) is 23.8. The number of hydrogen-bond acceptors (Lipinski definition) is 12. The zero-order chi connectivity index (χ0) is 55.0. The Morgan fingerprint density at radius 2 is 1.24 bits per heavy atom. The molecule has 17 nitrogen and oxygen atoms in total. The van der Waals surface area contributed by atoms with Crippen LogP contribution in [0.4, 0.5) is 29.9 Å². The molecule has 0 spiro atoms. The summed E-state index contributed by atoms with van der Waals surface area (Å²) in [4.78, 5) is 53.8. The molecule has 9 rings (SSSR count). The maximum Gasteiger partial charge on any atom is 0.413 e. The van der Waals surface area contributed by atoms with Crippen LogP contribution >= 0.6 is 0 Å². The molecule has 0 aliphatic carbocycles. The number of benzene rings is 6. The normalized spacial score (nSPS) is 11.6. The third-order valence-electron chi connectivity index (χ3n) is 12.1. The fourth-order valence-corrected chi connectivity index (χ4v) is 8.03. The quantitative estimate of drug-likeness (QED) is 0.0701. The Kier molecular flexibility index (Phi) is 15.3. The van der Waals surface area contributed by atoms with Crippen molar-refractivity contribution in [2.24, 2.45) is 7.05 Å². The van der Waals surface area contributed by atoms with E-state index in [0.29, 0.717) is 50.5 Å². The molecule has 2 amide bonds. The monoisotopic (exact) mass is 1050 g/mol. The van der Waals surface area contributed by atoms with E-state index in [9.17, 15) is 29.4 Å². The Bertz CT molecular complexity index is 3760. The Balaban J connectivity index is 0.895. The lowest BCUT2D eigenvalue weighted by molar-refractivity contribution is 0.0682. The van der Waals surface area contributed by atoms with Gasteiger partial charge in [-0.15, -0.1) is 0 Å². The minimum Gasteiger partial charge on any atom is -0.478 e. The number of pyridine rings is 1. The number of aryl methyl sites for hydroxylation is 2. The molecule has 2 unspecified atom stereocenters. The summed E-state index contributed by atoms with van der Waals surface area (Å²) in [7, 11) is 1.65. The van der Waals surface area contributed by atoms with Gasteiger partial charge in [-0.2, -0.15) is 5.10 Å². The molecule has 19 heteroatoms. The van der Waals surface area contributed by atoms with Crippen LogP contribution in [0.2, 0.25) is 0 Å². The fraction of sp³-hybridized carbons (Fsp3) is 0.102. The van der Waals surface area contributed by atoms with Gasteiger partial charge in [0.15, 0.2) is 23.1 Å². The summed E-state index contributed by atoms with van der Waals surface area (Å²) in [6.07, 6.45) is -0.652. The van der Waals surface area contributed by atoms with Crippen LogP contribution in [-0.2, 0) is 16.5 Å². The molecule has 0 bridgehead atoms. The van der Waals surface area contributed by atoms with Crippen molar-refractivity contribution in [3.8, 4) is 68.5 Å². The van der Waals surface area contributed by atoms with Crippen LogP contribution in [-0.4, -0.2) is 54.3 Å². The number of amides is 2. The van der Waals surface area contributed by atoms with Crippen molar-refractivity contribution in [1.82, 2.24) is 19.9 Å². The van der Waals surface area contributed by atoms with E-state index in [1.54, 1.807) is 119 Å². The van der Waals surface area contributed by atoms with Crippen molar-refractivity contribution in [2.45, 2.75) is 33.0 Å². The number of carboxylic acid groups (broad SMARTS) is 2. The van der Waals surface area contributed by atoms with Crippen LogP contribution in [0.15, 0.2) is 163 Å². The van der Waals surface area contributed by atoms with Gasteiger partial charge in [-0.05, 0) is 91.6 Å². The third-order valence-corrected chi connectivity index (χ3v) is 12.1. The summed E-state index contributed by atoms with van der Waals surface area (Å²) in [6, 6.07) is 39.1. The summed E-state index contributed by atoms with van der Waals surface area (Å²) in [5, 5.41) is 33.3. The van der Waals surface area contributed by atoms with Gasteiger partial charge in [0.1, 0.15) is 63.5 Å². The van der Waals surface area contributed by atoms with Crippen molar-refractivity contribution in [3.63, 3.8) is 0 Å². The van der Waals surface area contributed by atoms with Crippen molar-refractivity contribution < 1.29 is 61.6 Å². The van der Waals surface area contributed by atoms with Gasteiger partial charge in [0.05, 0.1) is 5.56 Å². The number of halogens is 2. The van der Waals surface area contributed by atoms with Gasteiger partial charge in [0.2, 0.25) is 0 Å². The lowest BCUT2D eigenvalue weighted by Crippen LogP contribution is -2.18. The number of nitrogens with zero attached hydrogens (tertiary/aromatic N) is 4. The summed E-state index contributed by atoms with van der Waals surface area (Å²) >= 11 is 0. The first-order chi connectivity index (χ1) is 37.6. The highest BCUT2D eigenvalue weighted by atomic mass is 19.1. The zero-order valence-corrected chi connectivity index (χ0v) is 41.8. The predicted octanol–water partition coefficient (Wildman–Crippen LogP) is 13.4. The van der Waals surface area contributed by atoms with Crippen LogP contribution in [0.5, 0.6) is 23.0 Å². The van der Waals surface area contributed by atoms with Gasteiger partial charge in [0.25, 0.3) is 0 Å². The average Bonchev–Trinajstić information content (AvgIpc) is 4.03. The Labute approximate surface area is 443 Å². The van der Waals surface area contributed by atoms with Crippen molar-refractivity contribution >= 4 is 35.6 Å². The molecular weight excluding hydrogens is 1010 g/mol. The van der Waals surface area contributed by atoms with E-state index >= 15 is 8.78 Å². The molecule has 0 radical (unpaired) electrons. The standard InChI is InChI=1S/C59H44F2N6O11/c1-33-51(53(78-66-33)41-23-19-39(20-24-41)42-30-47(60)54(48(61)31-42)77-50-28-29-62-32-46(50)57(70)71)63-58(72)74-35(3)38-17-21-40(22-18-38)52-45(55(67(4)65-52)64-59(73)75-34(2)37-10-6-5-7-11-37)27-16-36-14-25-43(26-15-36)76-49-13-9-8-12-44(49)56(68)69/h5-15,17-26,28-32,34-35H,1-4H3,(H,63,72)(H,64,73)(H,68,69)(H,70,71). The molecular formula is C59H44F2N6O11. The van der Waals surface area contributed by atoms with E-state index in [1.807, 2.05) is 30.3 Å². The van der Waals surface area contributed by atoms with E-state index in [-0.39, 0.29) is 45.5 Å². The maximum absolute atomic E-state index is 15.3. The summed E-state index contributed by atoms with van der Waals surface area (Å²) < 4.78 is 60.3. The summed E-state index contributed by atoms with van der Waals surface area (Å²) in [6.45, 7) is 5.07. The molecule has 78 heavy (non-hydrogen) atoms. The van der Waals surface area contributed by atoms with E-state index < -0.39 is 53.7 Å². The average molecular weight is 1050 g/mol. The summed E-state index contributed by atoms with van der Waals surface area (Å²) in [5.41, 5.74) is 4.65. The molecule has 0 saturated heterocycles. The number of hydrogen-bond donors (Lipinski definition) is 4. The van der Waals surface area contributed by atoms with Crippen molar-refractivity contribution in [3.05, 3.63) is 209 Å². The Hall–Kier alpha value is -10.6. The molecule has 4 N–H and O–H groups in total. The number of anilines is 2. The number of carbonyl (C=O) groups excluding carboxylic acids is 2. The number of ether oxygens (including phenoxy) is 4. The van der Waals surface area contributed by atoms with Gasteiger partial charge in [0, 0.05) is 42.2 Å². The van der Waals surface area contributed by atoms with Gasteiger partial charge < -0.3 is 33.7 Å². The molecule has 2 atom stereocenters. The first-order valence-corrected chi connectivity index (χ1v) is 23.8. The number of carbonyl (C=O) groups is 4. The van der Waals surface area contributed by atoms with Gasteiger partial charge in [-0.25, -0.2) is 28.0 Å². The number of aromatic carboxylic acids is 2. The van der Waals surface area contributed by atoms with Gasteiger partial charge >= 0.3 is 24.1 Å². The topological polar surface area (TPSA) is 226 Å². The highest BCUT2D eigenvalue weighted by Crippen LogP contribution is 2.37. The highest BCUT2D eigenvalue weighted by molar-refractivity contribution is 5.93. The fourth-order valence-electron chi connectivity index (χ4n) is 8.03. The van der Waals surface area contributed by atoms with Crippen LogP contribution < -0.4 is 20.1 Å². The number of rotatable bonds is 15. The first kappa shape index (κ1) is 52.3. The van der Waals surface area contributed by atoms with E-state index in [2.05, 4.69) is 32.6 Å². The second-order valence-electron chi connectivity index (χ2n) is 17.3. The minimum absolute atomic E-state index is 0.0124. The van der Waals surface area contributed by atoms with E-state index in [1.165, 1.54) is 23.0 Å². The van der Waals surface area contributed by atoms with Crippen LogP contribution in [0, 0.1) is 30.4 Å². The van der Waals surface area contributed by atoms with Gasteiger partial charge in [-0.1, -0.05) is 108 Å². The van der Waals surface area contributed by atoms with E-state index in [4.69, 9.17) is 28.6 Å². The van der Waals surface area contributed by atoms with Crippen molar-refractivity contribution in [1.29, 1.82) is 0 Å². The molecule has 3 aromatic heterocycles. The molecule has 0 saturated carbocycles. The maximum atomic E-state index is 15.3. The predicted molar refractivity (Wildman–Crippen MR) is 281 cm³/mol. The number of nitrogens with one attached hydrogen (secondary N) is 2. The molecule has 390 valence electrons. The molecule has 0 aliphatic rings. The number of carboxylic acids is 2. The van der Waals surface area contributed by atoms with E-state index in [0.717, 1.165) is 23.9 Å². The van der Waals surface area contributed by atoms with Crippen molar-refractivity contribution in [2.75, 3.05) is 10.6 Å². The second kappa shape index (κ2) is 22.9.